The largest absolute Gasteiger partial charge is 0.337 e. The zero-order valence-corrected chi connectivity index (χ0v) is 17.1. The molecule has 6 nitrogen and oxygen atoms in total. The molecule has 1 unspecified atom stereocenters. The molecule has 0 aliphatic carbocycles. The van der Waals surface area contributed by atoms with E-state index in [0.29, 0.717) is 23.5 Å². The minimum absolute atomic E-state index is 0.0272. The van der Waals surface area contributed by atoms with Crippen LogP contribution in [0.1, 0.15) is 32.6 Å². The van der Waals surface area contributed by atoms with Gasteiger partial charge in [-0.3, -0.25) is 4.79 Å². The smallest absolute Gasteiger partial charge is 0.265 e. The van der Waals surface area contributed by atoms with E-state index in [1.165, 1.54) is 11.3 Å². The molecule has 28 heavy (non-hydrogen) atoms. The third kappa shape index (κ3) is 3.62. The van der Waals surface area contributed by atoms with Crippen LogP contribution in [-0.2, 0) is 9.84 Å². The highest BCUT2D eigenvalue weighted by atomic mass is 32.2. The van der Waals surface area contributed by atoms with E-state index in [-0.39, 0.29) is 18.2 Å². The predicted molar refractivity (Wildman–Crippen MR) is 110 cm³/mol. The van der Waals surface area contributed by atoms with E-state index in [9.17, 15) is 13.2 Å². The van der Waals surface area contributed by atoms with Crippen molar-refractivity contribution < 1.29 is 13.2 Å². The molecule has 1 saturated heterocycles. The normalized spacial score (nSPS) is 19.3. The second-order valence-electron chi connectivity index (χ2n) is 6.85. The molecule has 0 bridgehead atoms. The van der Waals surface area contributed by atoms with Gasteiger partial charge in [0.1, 0.15) is 4.88 Å². The monoisotopic (exact) mass is 415 g/mol. The maximum absolute atomic E-state index is 13.1. The summed E-state index contributed by atoms with van der Waals surface area (Å²) in [5.74, 6) is -0.169. The zero-order valence-electron chi connectivity index (χ0n) is 15.5. The van der Waals surface area contributed by atoms with Crippen LogP contribution in [0.4, 0.5) is 0 Å². The number of thiazole rings is 1. The van der Waals surface area contributed by atoms with Gasteiger partial charge in [-0.1, -0.05) is 41.7 Å². The molecule has 1 aromatic carbocycles. The Balaban J connectivity index is 1.57. The average molecular weight is 416 g/mol. The molecule has 1 aliphatic heterocycles. The Hall–Kier alpha value is -2.45. The molecule has 2 aromatic heterocycles. The van der Waals surface area contributed by atoms with Crippen LogP contribution >= 0.6 is 11.3 Å². The Morgan fingerprint density at radius 1 is 1.11 bits per heavy atom. The maximum Gasteiger partial charge on any atom is 0.265 e. The molecule has 3 heterocycles. The number of sulfone groups is 1. The van der Waals surface area contributed by atoms with Crippen molar-refractivity contribution in [1.29, 1.82) is 0 Å². The fraction of sp³-hybridized carbons (Fsp3) is 0.300. The molecule has 8 heteroatoms. The molecule has 0 saturated carbocycles. The van der Waals surface area contributed by atoms with Crippen LogP contribution in [0.3, 0.4) is 0 Å². The fourth-order valence-electron chi connectivity index (χ4n) is 3.49. The van der Waals surface area contributed by atoms with Crippen molar-refractivity contribution in [3.63, 3.8) is 0 Å². The predicted octanol–water partition coefficient (Wildman–Crippen LogP) is 3.24. The highest BCUT2D eigenvalue weighted by Gasteiger charge is 2.33. The number of amides is 1. The first-order valence-corrected chi connectivity index (χ1v) is 11.7. The lowest BCUT2D eigenvalue weighted by molar-refractivity contribution is 0.0770. The molecule has 1 atom stereocenters. The molecule has 0 radical (unpaired) electrons. The number of aryl methyl sites for hydroxylation is 1. The van der Waals surface area contributed by atoms with Gasteiger partial charge in [0.05, 0.1) is 16.7 Å². The third-order valence-electron chi connectivity index (χ3n) is 5.00. The van der Waals surface area contributed by atoms with Gasteiger partial charge in [0.15, 0.2) is 15.0 Å². The van der Waals surface area contributed by atoms with Gasteiger partial charge in [-0.15, -0.1) is 0 Å². The Bertz CT molecular complexity index is 1070. The van der Waals surface area contributed by atoms with Crippen LogP contribution in [0.5, 0.6) is 0 Å². The molecular weight excluding hydrogens is 394 g/mol. The number of hydrogen-bond acceptors (Lipinski definition) is 5. The third-order valence-corrected chi connectivity index (χ3v) is 8.29. The summed E-state index contributed by atoms with van der Waals surface area (Å²) in [6, 6.07) is 13.1. The Kier molecular flexibility index (Phi) is 5.07. The minimum atomic E-state index is -3.31. The first kappa shape index (κ1) is 18.9. The van der Waals surface area contributed by atoms with Gasteiger partial charge >= 0.3 is 0 Å². The van der Waals surface area contributed by atoms with Gasteiger partial charge in [-0.05, 0) is 31.0 Å². The van der Waals surface area contributed by atoms with Gasteiger partial charge in [-0.2, -0.15) is 0 Å². The van der Waals surface area contributed by atoms with Crippen molar-refractivity contribution in [2.24, 2.45) is 0 Å². The second-order valence-corrected chi connectivity index (χ2v) is 10.1. The number of nitrogens with zero attached hydrogens (tertiary/aromatic N) is 3. The second kappa shape index (κ2) is 7.52. The van der Waals surface area contributed by atoms with Crippen LogP contribution in [0, 0.1) is 6.92 Å². The molecule has 0 spiro atoms. The van der Waals surface area contributed by atoms with Gasteiger partial charge in [0, 0.05) is 25.5 Å². The van der Waals surface area contributed by atoms with Crippen LogP contribution in [0.25, 0.3) is 5.13 Å². The van der Waals surface area contributed by atoms with E-state index in [0.717, 1.165) is 10.7 Å². The van der Waals surface area contributed by atoms with Crippen LogP contribution in [0.15, 0.2) is 54.9 Å². The number of carbonyl (C=O) groups is 1. The lowest BCUT2D eigenvalue weighted by Gasteiger charge is -2.19. The molecular formula is C20H21N3O3S2. The standard InChI is InChI=1S/C20H21N3O3S2/c1-15-18(27-20(21-15)23-10-5-6-11-23)19(24)22-12-9-17(28(25,26)14-13-22)16-7-3-2-4-8-16/h2-8,10-11,17H,9,12-14H2,1H3. The Morgan fingerprint density at radius 2 is 1.82 bits per heavy atom. The van der Waals surface area contributed by atoms with Crippen molar-refractivity contribution >= 4 is 27.1 Å². The molecule has 3 aromatic rings. The van der Waals surface area contributed by atoms with Crippen molar-refractivity contribution in [3.05, 3.63) is 71.0 Å². The number of carbonyl (C=O) groups excluding carboxylic acids is 1. The highest BCUT2D eigenvalue weighted by molar-refractivity contribution is 7.91. The van der Waals surface area contributed by atoms with Gasteiger partial charge in [0.25, 0.3) is 5.91 Å². The summed E-state index contributed by atoms with van der Waals surface area (Å²) >= 11 is 1.33. The van der Waals surface area contributed by atoms with Crippen LogP contribution in [0.2, 0.25) is 0 Å². The summed E-state index contributed by atoms with van der Waals surface area (Å²) in [7, 11) is -3.31. The van der Waals surface area contributed by atoms with E-state index in [2.05, 4.69) is 4.98 Å². The van der Waals surface area contributed by atoms with Crippen LogP contribution in [-0.4, -0.2) is 47.6 Å². The Morgan fingerprint density at radius 3 is 2.54 bits per heavy atom. The van der Waals surface area contributed by atoms with Crippen molar-refractivity contribution in [1.82, 2.24) is 14.5 Å². The van der Waals surface area contributed by atoms with Gasteiger partial charge in [0.2, 0.25) is 0 Å². The summed E-state index contributed by atoms with van der Waals surface area (Å²) in [5.41, 5.74) is 1.46. The topological polar surface area (TPSA) is 72.3 Å². The summed E-state index contributed by atoms with van der Waals surface area (Å²) in [4.78, 5) is 19.8. The Labute approximate surface area is 168 Å². The summed E-state index contributed by atoms with van der Waals surface area (Å²) < 4.78 is 27.4. The summed E-state index contributed by atoms with van der Waals surface area (Å²) in [5, 5.41) is 0.167. The van der Waals surface area contributed by atoms with Gasteiger partial charge in [-0.25, -0.2) is 13.4 Å². The molecule has 4 rings (SSSR count). The quantitative estimate of drug-likeness (QED) is 0.658. The maximum atomic E-state index is 13.1. The lowest BCUT2D eigenvalue weighted by atomic mass is 10.1. The van der Waals surface area contributed by atoms with E-state index < -0.39 is 15.1 Å². The lowest BCUT2D eigenvalue weighted by Crippen LogP contribution is -2.33. The zero-order chi connectivity index (χ0) is 19.7. The van der Waals surface area contributed by atoms with E-state index in [4.69, 9.17) is 0 Å². The summed E-state index contributed by atoms with van der Waals surface area (Å²) in [6.07, 6.45) is 4.17. The first-order valence-electron chi connectivity index (χ1n) is 9.12. The van der Waals surface area contributed by atoms with Crippen molar-refractivity contribution in [3.8, 4) is 5.13 Å². The number of hydrogen-bond donors (Lipinski definition) is 0. The van der Waals surface area contributed by atoms with Crippen LogP contribution < -0.4 is 0 Å². The molecule has 1 aliphatic rings. The summed E-state index contributed by atoms with van der Waals surface area (Å²) in [6.45, 7) is 2.44. The molecule has 1 amide bonds. The average Bonchev–Trinajstić information content (AvgIpc) is 3.31. The van der Waals surface area contributed by atoms with E-state index in [1.54, 1.807) is 4.90 Å². The number of aromatic nitrogens is 2. The fourth-order valence-corrected chi connectivity index (χ4v) is 6.28. The molecule has 146 valence electrons. The molecule has 1 fully saturated rings. The van der Waals surface area contributed by atoms with Gasteiger partial charge < -0.3 is 9.47 Å². The highest BCUT2D eigenvalue weighted by Crippen LogP contribution is 2.31. The van der Waals surface area contributed by atoms with Crippen molar-refractivity contribution in [2.45, 2.75) is 18.6 Å². The first-order chi connectivity index (χ1) is 13.5. The molecule has 0 N–H and O–H groups in total. The number of rotatable bonds is 3. The van der Waals surface area contributed by atoms with E-state index in [1.807, 2.05) is 66.3 Å². The minimum Gasteiger partial charge on any atom is -0.337 e. The van der Waals surface area contributed by atoms with Crippen molar-refractivity contribution in [2.75, 3.05) is 18.8 Å². The number of benzene rings is 1. The SMILES string of the molecule is Cc1nc(-n2cccc2)sc1C(=O)N1CCC(c2ccccc2)S(=O)(=O)CC1. The van der Waals surface area contributed by atoms with E-state index >= 15 is 0 Å².